The minimum Gasteiger partial charge on any atom is -0.381 e. The highest BCUT2D eigenvalue weighted by molar-refractivity contribution is 6.30. The molecule has 0 aliphatic rings. The van der Waals surface area contributed by atoms with Crippen molar-refractivity contribution in [3.63, 3.8) is 0 Å². The Labute approximate surface area is 158 Å². The van der Waals surface area contributed by atoms with E-state index >= 15 is 0 Å². The molecule has 0 aliphatic heterocycles. The largest absolute Gasteiger partial charge is 0.381 e. The highest BCUT2D eigenvalue weighted by Gasteiger charge is 2.18. The Morgan fingerprint density at radius 3 is 2.67 bits per heavy atom. The molecule has 7 heteroatoms. The number of fused-ring (bicyclic) bond motifs is 1. The Balaban J connectivity index is 2.01. The van der Waals surface area contributed by atoms with E-state index in [4.69, 9.17) is 17.3 Å². The van der Waals surface area contributed by atoms with Gasteiger partial charge in [0, 0.05) is 27.7 Å². The van der Waals surface area contributed by atoms with Crippen LogP contribution in [0.1, 0.15) is 5.69 Å². The zero-order chi connectivity index (χ0) is 19.0. The third-order valence-corrected chi connectivity index (χ3v) is 4.33. The van der Waals surface area contributed by atoms with Crippen LogP contribution in [0.15, 0.2) is 54.7 Å². The van der Waals surface area contributed by atoms with Crippen LogP contribution in [-0.2, 0) is 0 Å². The summed E-state index contributed by atoms with van der Waals surface area (Å²) in [5.41, 5.74) is 8.09. The van der Waals surface area contributed by atoms with Gasteiger partial charge in [-0.2, -0.15) is 5.26 Å². The maximum atomic E-state index is 14.5. The molecule has 0 atom stereocenters. The van der Waals surface area contributed by atoms with Crippen molar-refractivity contribution in [1.82, 2.24) is 15.0 Å². The molecule has 2 N–H and O–H groups in total. The molecule has 0 aliphatic carbocycles. The first kappa shape index (κ1) is 16.9. The average molecular weight is 376 g/mol. The van der Waals surface area contributed by atoms with Crippen LogP contribution < -0.4 is 5.73 Å². The molecule has 130 valence electrons. The molecular weight excluding hydrogens is 365 g/mol. The number of halogens is 2. The number of anilines is 1. The number of aromatic nitrogens is 3. The molecule has 4 rings (SSSR count). The van der Waals surface area contributed by atoms with Crippen LogP contribution in [0.3, 0.4) is 0 Å². The number of hydrogen-bond acceptors (Lipinski definition) is 5. The summed E-state index contributed by atoms with van der Waals surface area (Å²) in [7, 11) is 0. The van der Waals surface area contributed by atoms with E-state index in [0.717, 1.165) is 10.9 Å². The SMILES string of the molecule is N#Cc1nc(-c2ccc3ncccc3c2)c(-c2ccc(Cl)cc2F)nc1N. The topological polar surface area (TPSA) is 88.5 Å². The lowest BCUT2D eigenvalue weighted by atomic mass is 10.0. The van der Waals surface area contributed by atoms with Gasteiger partial charge in [-0.25, -0.2) is 14.4 Å². The summed E-state index contributed by atoms with van der Waals surface area (Å²) >= 11 is 5.85. The Hall–Kier alpha value is -3.56. The number of rotatable bonds is 2. The molecule has 27 heavy (non-hydrogen) atoms. The van der Waals surface area contributed by atoms with Crippen LogP contribution in [-0.4, -0.2) is 15.0 Å². The maximum absolute atomic E-state index is 14.5. The predicted molar refractivity (Wildman–Crippen MR) is 102 cm³/mol. The quantitative estimate of drug-likeness (QED) is 0.552. The molecule has 0 unspecified atom stereocenters. The standard InChI is InChI=1S/C20H11ClFN5/c21-13-4-5-14(15(22)9-13)19-18(26-17(10-23)20(24)27-19)12-3-6-16-11(8-12)2-1-7-25-16/h1-9H,(H2,24,27). The van der Waals surface area contributed by atoms with Crippen molar-refractivity contribution in [2.75, 3.05) is 5.73 Å². The monoisotopic (exact) mass is 375 g/mol. The fourth-order valence-corrected chi connectivity index (χ4v) is 2.98. The molecule has 0 saturated carbocycles. The normalized spacial score (nSPS) is 10.7. The van der Waals surface area contributed by atoms with E-state index in [2.05, 4.69) is 15.0 Å². The van der Waals surface area contributed by atoms with Gasteiger partial charge in [0.1, 0.15) is 17.6 Å². The van der Waals surface area contributed by atoms with E-state index < -0.39 is 5.82 Å². The molecule has 0 fully saturated rings. The molecule has 5 nitrogen and oxygen atoms in total. The first-order valence-corrected chi connectivity index (χ1v) is 8.33. The van der Waals surface area contributed by atoms with Gasteiger partial charge in [0.05, 0.1) is 11.2 Å². The number of nitrogens with two attached hydrogens (primary N) is 1. The molecule has 0 spiro atoms. The first-order chi connectivity index (χ1) is 13.1. The number of nitrogen functional groups attached to an aromatic ring is 1. The number of benzene rings is 2. The van der Waals surface area contributed by atoms with Gasteiger partial charge in [-0.05, 0) is 36.4 Å². The molecule has 4 aromatic rings. The van der Waals surface area contributed by atoms with E-state index in [1.807, 2.05) is 30.3 Å². The Bertz CT molecular complexity index is 1230. The summed E-state index contributed by atoms with van der Waals surface area (Å²) in [6.45, 7) is 0. The number of nitriles is 1. The second-order valence-electron chi connectivity index (χ2n) is 5.80. The smallest absolute Gasteiger partial charge is 0.183 e. The first-order valence-electron chi connectivity index (χ1n) is 7.95. The number of nitrogens with zero attached hydrogens (tertiary/aromatic N) is 4. The lowest BCUT2D eigenvalue weighted by molar-refractivity contribution is 0.631. The summed E-state index contributed by atoms with van der Waals surface area (Å²) in [6, 6.07) is 15.4. The average Bonchev–Trinajstić information content (AvgIpc) is 2.67. The maximum Gasteiger partial charge on any atom is 0.183 e. The van der Waals surface area contributed by atoms with Gasteiger partial charge in [0.2, 0.25) is 0 Å². The van der Waals surface area contributed by atoms with Crippen LogP contribution in [0.2, 0.25) is 5.02 Å². The Morgan fingerprint density at radius 2 is 1.89 bits per heavy atom. The van der Waals surface area contributed by atoms with Crippen molar-refractivity contribution in [3.05, 3.63) is 71.3 Å². The lowest BCUT2D eigenvalue weighted by Gasteiger charge is -2.12. The molecule has 0 saturated heterocycles. The van der Waals surface area contributed by atoms with E-state index in [1.165, 1.54) is 12.1 Å². The highest BCUT2D eigenvalue weighted by atomic mass is 35.5. The van der Waals surface area contributed by atoms with Gasteiger partial charge in [0.15, 0.2) is 11.5 Å². The Kier molecular flexibility index (Phi) is 4.15. The van der Waals surface area contributed by atoms with Crippen molar-refractivity contribution >= 4 is 28.3 Å². The molecule has 2 heterocycles. The number of hydrogen-bond donors (Lipinski definition) is 1. The number of pyridine rings is 1. The van der Waals surface area contributed by atoms with Crippen molar-refractivity contribution in [3.8, 4) is 28.6 Å². The zero-order valence-electron chi connectivity index (χ0n) is 13.8. The van der Waals surface area contributed by atoms with Crippen molar-refractivity contribution < 1.29 is 4.39 Å². The summed E-state index contributed by atoms with van der Waals surface area (Å²) in [5, 5.41) is 10.4. The van der Waals surface area contributed by atoms with Crippen LogP contribution in [0.25, 0.3) is 33.4 Å². The second-order valence-corrected chi connectivity index (χ2v) is 6.24. The van der Waals surface area contributed by atoms with Gasteiger partial charge >= 0.3 is 0 Å². The van der Waals surface area contributed by atoms with E-state index in [-0.39, 0.29) is 27.8 Å². The fourth-order valence-electron chi connectivity index (χ4n) is 2.82. The fraction of sp³-hybridized carbons (Fsp3) is 0. The third-order valence-electron chi connectivity index (χ3n) is 4.09. The lowest BCUT2D eigenvalue weighted by Crippen LogP contribution is -2.04. The summed E-state index contributed by atoms with van der Waals surface area (Å²) < 4.78 is 14.5. The van der Waals surface area contributed by atoms with E-state index in [1.54, 1.807) is 18.3 Å². The van der Waals surface area contributed by atoms with Crippen LogP contribution in [0.5, 0.6) is 0 Å². The minimum absolute atomic E-state index is 0.0191. The molecule has 2 aromatic heterocycles. The summed E-state index contributed by atoms with van der Waals surface area (Å²) in [6.07, 6.45) is 1.70. The summed E-state index contributed by atoms with van der Waals surface area (Å²) in [5.74, 6) is -0.613. The third kappa shape index (κ3) is 3.05. The highest BCUT2D eigenvalue weighted by Crippen LogP contribution is 2.34. The van der Waals surface area contributed by atoms with Crippen LogP contribution in [0, 0.1) is 17.1 Å². The van der Waals surface area contributed by atoms with Gasteiger partial charge in [-0.15, -0.1) is 0 Å². The van der Waals surface area contributed by atoms with Crippen LogP contribution in [0.4, 0.5) is 10.2 Å². The van der Waals surface area contributed by atoms with E-state index in [9.17, 15) is 9.65 Å². The van der Waals surface area contributed by atoms with Crippen molar-refractivity contribution in [2.45, 2.75) is 0 Å². The van der Waals surface area contributed by atoms with Crippen LogP contribution >= 0.6 is 11.6 Å². The van der Waals surface area contributed by atoms with Gasteiger partial charge in [0.25, 0.3) is 0 Å². The molecule has 0 bridgehead atoms. The molecule has 0 amide bonds. The minimum atomic E-state index is -0.551. The van der Waals surface area contributed by atoms with Crippen molar-refractivity contribution in [1.29, 1.82) is 5.26 Å². The molecule has 0 radical (unpaired) electrons. The predicted octanol–water partition coefficient (Wildman–Crippen LogP) is 4.61. The summed E-state index contributed by atoms with van der Waals surface area (Å²) in [4.78, 5) is 12.9. The Morgan fingerprint density at radius 1 is 1.04 bits per heavy atom. The molecular formula is C20H11ClFN5. The van der Waals surface area contributed by atoms with Gasteiger partial charge < -0.3 is 5.73 Å². The second kappa shape index (κ2) is 6.63. The molecule has 2 aromatic carbocycles. The van der Waals surface area contributed by atoms with Gasteiger partial charge in [-0.3, -0.25) is 4.98 Å². The van der Waals surface area contributed by atoms with Crippen molar-refractivity contribution in [2.24, 2.45) is 0 Å². The zero-order valence-corrected chi connectivity index (χ0v) is 14.6. The van der Waals surface area contributed by atoms with E-state index in [0.29, 0.717) is 11.3 Å². The van der Waals surface area contributed by atoms with Gasteiger partial charge in [-0.1, -0.05) is 23.7 Å².